The summed E-state index contributed by atoms with van der Waals surface area (Å²) in [7, 11) is 0. The van der Waals surface area contributed by atoms with E-state index in [-0.39, 0.29) is 5.91 Å². The van der Waals surface area contributed by atoms with Crippen LogP contribution in [0.25, 0.3) is 0 Å². The smallest absolute Gasteiger partial charge is 0.318 e. The summed E-state index contributed by atoms with van der Waals surface area (Å²) < 4.78 is 6.66. The van der Waals surface area contributed by atoms with Crippen molar-refractivity contribution in [2.45, 2.75) is 18.9 Å². The quantitative estimate of drug-likeness (QED) is 0.668. The number of hydrogen-bond donors (Lipinski definition) is 1. The van der Waals surface area contributed by atoms with Gasteiger partial charge in [-0.1, -0.05) is 47.6 Å². The molecule has 0 aliphatic carbocycles. The molecule has 1 aliphatic rings. The zero-order chi connectivity index (χ0) is 18.6. The molecule has 1 fully saturated rings. The van der Waals surface area contributed by atoms with E-state index in [4.69, 9.17) is 4.42 Å². The van der Waals surface area contributed by atoms with Crippen LogP contribution < -0.4 is 10.2 Å². The van der Waals surface area contributed by atoms with Crippen LogP contribution in [0.3, 0.4) is 0 Å². The maximum Gasteiger partial charge on any atom is 0.318 e. The zero-order valence-electron chi connectivity index (χ0n) is 14.6. The van der Waals surface area contributed by atoms with Gasteiger partial charge in [-0.05, 0) is 46.5 Å². The predicted molar refractivity (Wildman–Crippen MR) is 106 cm³/mol. The van der Waals surface area contributed by atoms with Gasteiger partial charge in [-0.15, -0.1) is 5.10 Å². The number of amides is 1. The van der Waals surface area contributed by atoms with Crippen LogP contribution in [0.2, 0.25) is 0 Å². The number of nitrogens with zero attached hydrogens (tertiary/aromatic N) is 3. The lowest BCUT2D eigenvalue weighted by Crippen LogP contribution is -2.29. The van der Waals surface area contributed by atoms with E-state index >= 15 is 0 Å². The lowest BCUT2D eigenvalue weighted by molar-refractivity contribution is 0.0937. The molecule has 0 saturated carbocycles. The first kappa shape index (κ1) is 17.7. The lowest BCUT2D eigenvalue weighted by atomic mass is 10.1. The molecule has 1 amide bonds. The Balaban J connectivity index is 1.64. The number of benzene rings is 2. The fourth-order valence-electron chi connectivity index (χ4n) is 3.17. The van der Waals surface area contributed by atoms with Crippen LogP contribution >= 0.6 is 15.9 Å². The molecule has 1 saturated heterocycles. The van der Waals surface area contributed by atoms with Gasteiger partial charge in [0.05, 0.1) is 5.56 Å². The minimum absolute atomic E-state index is 0.211. The monoisotopic (exact) mass is 426 g/mol. The number of hydrogen-bond acceptors (Lipinski definition) is 5. The van der Waals surface area contributed by atoms with Gasteiger partial charge >= 0.3 is 6.01 Å². The first-order valence-electron chi connectivity index (χ1n) is 8.91. The summed E-state index contributed by atoms with van der Waals surface area (Å²) in [6.07, 6.45) is 2.25. The van der Waals surface area contributed by atoms with Gasteiger partial charge in [-0.25, -0.2) is 0 Å². The van der Waals surface area contributed by atoms with Gasteiger partial charge in [0.25, 0.3) is 5.91 Å². The van der Waals surface area contributed by atoms with E-state index in [1.165, 1.54) is 0 Å². The molecule has 0 bridgehead atoms. The third-order valence-corrected chi connectivity index (χ3v) is 5.27. The molecule has 0 spiro atoms. The minimum Gasteiger partial charge on any atom is -0.405 e. The molecule has 1 atom stereocenters. The number of aromatic nitrogens is 2. The minimum atomic E-state index is -0.519. The van der Waals surface area contributed by atoms with E-state index in [2.05, 4.69) is 36.3 Å². The number of nitrogens with one attached hydrogen (secondary N) is 1. The maximum absolute atomic E-state index is 12.8. The molecular weight excluding hydrogens is 408 g/mol. The normalized spacial score (nSPS) is 14.9. The van der Waals surface area contributed by atoms with E-state index < -0.39 is 6.04 Å². The standard InChI is InChI=1S/C20H19BrN4O2/c21-16-11-5-4-10-15(16)18(26)22-17(14-8-2-1-3-9-14)19-23-24-20(27-19)25-12-6-7-13-25/h1-5,8-11,17H,6-7,12-13H2,(H,22,26)/t17-/m1/s1. The Hall–Kier alpha value is -2.67. The first-order chi connectivity index (χ1) is 13.2. The van der Waals surface area contributed by atoms with Gasteiger partial charge in [0.15, 0.2) is 0 Å². The second-order valence-electron chi connectivity index (χ2n) is 6.41. The Bertz CT molecular complexity index is 922. The summed E-state index contributed by atoms with van der Waals surface area (Å²) >= 11 is 3.43. The van der Waals surface area contributed by atoms with E-state index in [0.29, 0.717) is 17.5 Å². The van der Waals surface area contributed by atoms with Crippen LogP contribution in [0, 0.1) is 0 Å². The SMILES string of the molecule is O=C(N[C@H](c1ccccc1)c1nnc(N2CCCC2)o1)c1ccccc1Br. The van der Waals surface area contributed by atoms with Gasteiger partial charge in [0, 0.05) is 17.6 Å². The van der Waals surface area contributed by atoms with Crippen molar-refractivity contribution in [2.24, 2.45) is 0 Å². The number of halogens is 1. The second kappa shape index (κ2) is 7.92. The van der Waals surface area contributed by atoms with Crippen LogP contribution in [0.4, 0.5) is 6.01 Å². The molecule has 138 valence electrons. The van der Waals surface area contributed by atoms with Crippen LogP contribution in [0.1, 0.15) is 40.7 Å². The lowest BCUT2D eigenvalue weighted by Gasteiger charge is -2.17. The highest BCUT2D eigenvalue weighted by Crippen LogP contribution is 2.26. The summed E-state index contributed by atoms with van der Waals surface area (Å²) in [6.45, 7) is 1.84. The molecule has 6 nitrogen and oxygen atoms in total. The molecule has 1 aliphatic heterocycles. The van der Waals surface area contributed by atoms with Gasteiger partial charge in [0.1, 0.15) is 6.04 Å². The van der Waals surface area contributed by atoms with Crippen LogP contribution in [-0.2, 0) is 0 Å². The second-order valence-corrected chi connectivity index (χ2v) is 7.27. The molecule has 3 aromatic rings. The maximum atomic E-state index is 12.8. The number of carbonyl (C=O) groups is 1. The Kier molecular flexibility index (Phi) is 5.20. The molecule has 7 heteroatoms. The summed E-state index contributed by atoms with van der Waals surface area (Å²) in [5, 5.41) is 11.4. The van der Waals surface area contributed by atoms with Crippen molar-refractivity contribution in [3.05, 3.63) is 76.1 Å². The van der Waals surface area contributed by atoms with E-state index in [1.807, 2.05) is 48.5 Å². The van der Waals surface area contributed by atoms with Crippen molar-refractivity contribution in [2.75, 3.05) is 18.0 Å². The van der Waals surface area contributed by atoms with Crippen molar-refractivity contribution in [3.63, 3.8) is 0 Å². The predicted octanol–water partition coefficient (Wildman–Crippen LogP) is 3.95. The van der Waals surface area contributed by atoms with Gasteiger partial charge < -0.3 is 14.6 Å². The summed E-state index contributed by atoms with van der Waals surface area (Å²) in [5.41, 5.74) is 1.44. The summed E-state index contributed by atoms with van der Waals surface area (Å²) in [4.78, 5) is 14.9. The zero-order valence-corrected chi connectivity index (χ0v) is 16.2. The highest BCUT2D eigenvalue weighted by Gasteiger charge is 2.26. The van der Waals surface area contributed by atoms with E-state index in [1.54, 1.807) is 6.07 Å². The summed E-state index contributed by atoms with van der Waals surface area (Å²) in [6, 6.07) is 16.9. The highest BCUT2D eigenvalue weighted by molar-refractivity contribution is 9.10. The Morgan fingerprint density at radius 2 is 1.74 bits per heavy atom. The fourth-order valence-corrected chi connectivity index (χ4v) is 3.63. The van der Waals surface area contributed by atoms with Crippen molar-refractivity contribution in [3.8, 4) is 0 Å². The molecule has 4 rings (SSSR count). The first-order valence-corrected chi connectivity index (χ1v) is 9.70. The van der Waals surface area contributed by atoms with E-state index in [0.717, 1.165) is 36.0 Å². The van der Waals surface area contributed by atoms with Crippen LogP contribution in [0.5, 0.6) is 0 Å². The largest absolute Gasteiger partial charge is 0.405 e. The summed E-state index contributed by atoms with van der Waals surface area (Å²) in [5.74, 6) is 0.167. The average Bonchev–Trinajstić information content (AvgIpc) is 3.38. The molecule has 1 N–H and O–H groups in total. The number of carbonyl (C=O) groups excluding carboxylic acids is 1. The van der Waals surface area contributed by atoms with Crippen LogP contribution in [-0.4, -0.2) is 29.2 Å². The number of rotatable bonds is 5. The fraction of sp³-hybridized carbons (Fsp3) is 0.250. The van der Waals surface area contributed by atoms with Crippen molar-refractivity contribution < 1.29 is 9.21 Å². The highest BCUT2D eigenvalue weighted by atomic mass is 79.9. The third kappa shape index (κ3) is 3.88. The van der Waals surface area contributed by atoms with Crippen LogP contribution in [0.15, 0.2) is 63.5 Å². The molecular formula is C20H19BrN4O2. The molecule has 0 radical (unpaired) electrons. The Morgan fingerprint density at radius 1 is 1.04 bits per heavy atom. The van der Waals surface area contributed by atoms with Gasteiger partial charge in [-0.2, -0.15) is 0 Å². The van der Waals surface area contributed by atoms with Crippen molar-refractivity contribution in [1.29, 1.82) is 0 Å². The van der Waals surface area contributed by atoms with Gasteiger partial charge in [-0.3, -0.25) is 4.79 Å². The topological polar surface area (TPSA) is 71.3 Å². The van der Waals surface area contributed by atoms with Crippen molar-refractivity contribution >= 4 is 27.9 Å². The van der Waals surface area contributed by atoms with E-state index in [9.17, 15) is 4.79 Å². The molecule has 0 unspecified atom stereocenters. The Labute approximate surface area is 165 Å². The molecule has 2 aromatic carbocycles. The van der Waals surface area contributed by atoms with Crippen molar-refractivity contribution in [1.82, 2.24) is 15.5 Å². The average molecular weight is 427 g/mol. The third-order valence-electron chi connectivity index (χ3n) is 4.58. The number of anilines is 1. The molecule has 2 heterocycles. The Morgan fingerprint density at radius 3 is 2.48 bits per heavy atom. The van der Waals surface area contributed by atoms with Gasteiger partial charge in [0.2, 0.25) is 5.89 Å². The molecule has 1 aromatic heterocycles. The molecule has 27 heavy (non-hydrogen) atoms.